The van der Waals surface area contributed by atoms with Crippen LogP contribution in [0.1, 0.15) is 37.8 Å². The zero-order valence-electron chi connectivity index (χ0n) is 15.3. The Morgan fingerprint density at radius 1 is 1.18 bits per heavy atom. The first kappa shape index (κ1) is 18.6. The normalized spacial score (nSPS) is 18.4. The van der Waals surface area contributed by atoms with Crippen LogP contribution in [0.5, 0.6) is 0 Å². The van der Waals surface area contributed by atoms with Crippen LogP contribution in [-0.2, 0) is 20.9 Å². The summed E-state index contributed by atoms with van der Waals surface area (Å²) in [6.45, 7) is -0.362. The van der Waals surface area contributed by atoms with Gasteiger partial charge in [0.1, 0.15) is 23.7 Å². The van der Waals surface area contributed by atoms with E-state index in [-0.39, 0.29) is 19.1 Å². The van der Waals surface area contributed by atoms with Crippen molar-refractivity contribution in [3.05, 3.63) is 41.4 Å². The molecule has 0 bridgehead atoms. The van der Waals surface area contributed by atoms with Crippen molar-refractivity contribution in [3.63, 3.8) is 0 Å². The molecule has 1 aliphatic carbocycles. The van der Waals surface area contributed by atoms with Gasteiger partial charge in [0.05, 0.1) is 5.69 Å². The number of imide groups is 1. The highest BCUT2D eigenvalue weighted by atomic mass is 32.1. The molecule has 0 radical (unpaired) electrons. The number of hydrogen-bond donors (Lipinski definition) is 1. The summed E-state index contributed by atoms with van der Waals surface area (Å²) in [4.78, 5) is 42.5. The van der Waals surface area contributed by atoms with E-state index >= 15 is 0 Å². The third kappa shape index (κ3) is 3.64. The van der Waals surface area contributed by atoms with Gasteiger partial charge in [0.25, 0.3) is 5.91 Å². The SMILES string of the molecule is O=C(CN1C(=O)NC2(CCCCC2)C1=O)OCc1csc(-c2ccccc2)n1. The Balaban J connectivity index is 1.33. The van der Waals surface area contributed by atoms with E-state index in [1.54, 1.807) is 0 Å². The number of carbonyl (C=O) groups is 3. The summed E-state index contributed by atoms with van der Waals surface area (Å²) in [5.41, 5.74) is 0.815. The maximum atomic E-state index is 12.7. The smallest absolute Gasteiger partial charge is 0.326 e. The molecule has 1 aromatic heterocycles. The molecule has 7 nitrogen and oxygen atoms in total. The molecule has 2 aliphatic rings. The van der Waals surface area contributed by atoms with Crippen molar-refractivity contribution in [2.24, 2.45) is 0 Å². The summed E-state index contributed by atoms with van der Waals surface area (Å²) in [5.74, 6) is -0.931. The van der Waals surface area contributed by atoms with E-state index in [1.807, 2.05) is 35.7 Å². The Hall–Kier alpha value is -2.74. The lowest BCUT2D eigenvalue weighted by Crippen LogP contribution is -2.48. The minimum absolute atomic E-state index is 0.0109. The number of hydrogen-bond acceptors (Lipinski definition) is 6. The molecular formula is C20H21N3O4S. The van der Waals surface area contributed by atoms with Gasteiger partial charge in [-0.1, -0.05) is 49.6 Å². The number of rotatable bonds is 5. The van der Waals surface area contributed by atoms with Crippen LogP contribution in [0.3, 0.4) is 0 Å². The molecule has 1 spiro atoms. The molecule has 0 unspecified atom stereocenters. The molecule has 0 atom stereocenters. The molecule has 2 aromatic rings. The molecule has 28 heavy (non-hydrogen) atoms. The number of aromatic nitrogens is 1. The van der Waals surface area contributed by atoms with Gasteiger partial charge < -0.3 is 10.1 Å². The van der Waals surface area contributed by atoms with Crippen LogP contribution in [0.15, 0.2) is 35.7 Å². The third-order valence-corrected chi connectivity index (χ3v) is 6.13. The first-order valence-corrected chi connectivity index (χ1v) is 10.2. The van der Waals surface area contributed by atoms with Gasteiger partial charge in [-0.25, -0.2) is 9.78 Å². The molecule has 1 saturated heterocycles. The number of urea groups is 1. The molecular weight excluding hydrogens is 378 g/mol. The molecule has 1 saturated carbocycles. The summed E-state index contributed by atoms with van der Waals surface area (Å²) in [6.07, 6.45) is 4.12. The van der Waals surface area contributed by atoms with Crippen LogP contribution in [0.4, 0.5) is 4.79 Å². The number of nitrogens with zero attached hydrogens (tertiary/aromatic N) is 2. The predicted molar refractivity (Wildman–Crippen MR) is 103 cm³/mol. The van der Waals surface area contributed by atoms with Gasteiger partial charge >= 0.3 is 12.0 Å². The minimum Gasteiger partial charge on any atom is -0.458 e. The van der Waals surface area contributed by atoms with Crippen LogP contribution in [0, 0.1) is 0 Å². The van der Waals surface area contributed by atoms with Gasteiger partial charge in [-0.15, -0.1) is 11.3 Å². The van der Waals surface area contributed by atoms with Crippen molar-refractivity contribution in [3.8, 4) is 10.6 Å². The van der Waals surface area contributed by atoms with Gasteiger partial charge in [-0.3, -0.25) is 14.5 Å². The summed E-state index contributed by atoms with van der Waals surface area (Å²) in [5, 5.41) is 5.47. The Morgan fingerprint density at radius 2 is 1.93 bits per heavy atom. The van der Waals surface area contributed by atoms with E-state index in [9.17, 15) is 14.4 Å². The van der Waals surface area contributed by atoms with Crippen molar-refractivity contribution < 1.29 is 19.1 Å². The van der Waals surface area contributed by atoms with Gasteiger partial charge in [0.2, 0.25) is 0 Å². The van der Waals surface area contributed by atoms with Crippen LogP contribution >= 0.6 is 11.3 Å². The van der Waals surface area contributed by atoms with Crippen molar-refractivity contribution in [2.75, 3.05) is 6.54 Å². The highest BCUT2D eigenvalue weighted by molar-refractivity contribution is 7.13. The van der Waals surface area contributed by atoms with Gasteiger partial charge in [-0.05, 0) is 12.8 Å². The molecule has 146 valence electrons. The maximum absolute atomic E-state index is 12.7. The van der Waals surface area contributed by atoms with E-state index in [4.69, 9.17) is 4.74 Å². The quantitative estimate of drug-likeness (QED) is 0.616. The number of ether oxygens (including phenoxy) is 1. The number of carbonyl (C=O) groups excluding carboxylic acids is 3. The van der Waals surface area contributed by atoms with E-state index in [0.29, 0.717) is 18.5 Å². The van der Waals surface area contributed by atoms with Crippen LogP contribution < -0.4 is 5.32 Å². The Kier molecular flexibility index (Phi) is 5.13. The lowest BCUT2D eigenvalue weighted by molar-refractivity contribution is -0.149. The molecule has 2 fully saturated rings. The standard InChI is InChI=1S/C20H21N3O4S/c24-16(11-23-18(25)20(22-19(23)26)9-5-2-6-10-20)27-12-15-13-28-17(21-15)14-7-3-1-4-8-14/h1,3-4,7-8,13H,2,5-6,9-12H2,(H,22,26). The fourth-order valence-electron chi connectivity index (χ4n) is 3.73. The molecule has 1 N–H and O–H groups in total. The average molecular weight is 399 g/mol. The van der Waals surface area contributed by atoms with E-state index < -0.39 is 17.5 Å². The molecule has 3 amide bonds. The zero-order chi connectivity index (χ0) is 19.6. The number of benzene rings is 1. The lowest BCUT2D eigenvalue weighted by Gasteiger charge is -2.30. The average Bonchev–Trinajstić information content (AvgIpc) is 3.27. The Morgan fingerprint density at radius 3 is 2.68 bits per heavy atom. The molecule has 4 rings (SSSR count). The maximum Gasteiger partial charge on any atom is 0.326 e. The molecule has 8 heteroatoms. The fourth-order valence-corrected chi connectivity index (χ4v) is 4.54. The van der Waals surface area contributed by atoms with Crippen LogP contribution in [0.25, 0.3) is 10.6 Å². The summed E-state index contributed by atoms with van der Waals surface area (Å²) in [6, 6.07) is 9.23. The van der Waals surface area contributed by atoms with Crippen LogP contribution in [0.2, 0.25) is 0 Å². The predicted octanol–water partition coefficient (Wildman–Crippen LogP) is 3.11. The monoisotopic (exact) mass is 399 g/mol. The fraction of sp³-hybridized carbons (Fsp3) is 0.400. The van der Waals surface area contributed by atoms with Gasteiger partial charge in [0, 0.05) is 10.9 Å². The first-order chi connectivity index (χ1) is 13.6. The zero-order valence-corrected chi connectivity index (χ0v) is 16.2. The van der Waals surface area contributed by atoms with Crippen molar-refractivity contribution in [1.29, 1.82) is 0 Å². The second-order valence-corrected chi connectivity index (χ2v) is 7.99. The van der Waals surface area contributed by atoms with Crippen molar-refractivity contribution in [2.45, 2.75) is 44.2 Å². The third-order valence-electron chi connectivity index (χ3n) is 5.19. The second-order valence-electron chi connectivity index (χ2n) is 7.13. The lowest BCUT2D eigenvalue weighted by atomic mass is 9.82. The molecule has 1 aliphatic heterocycles. The number of esters is 1. The highest BCUT2D eigenvalue weighted by Crippen LogP contribution is 2.33. The number of thiazole rings is 1. The summed E-state index contributed by atoms with van der Waals surface area (Å²) >= 11 is 1.47. The summed E-state index contributed by atoms with van der Waals surface area (Å²) < 4.78 is 5.24. The highest BCUT2D eigenvalue weighted by Gasteiger charge is 2.51. The van der Waals surface area contributed by atoms with E-state index in [1.165, 1.54) is 11.3 Å². The van der Waals surface area contributed by atoms with Gasteiger partial charge in [0.15, 0.2) is 0 Å². The minimum atomic E-state index is -0.824. The van der Waals surface area contributed by atoms with E-state index in [0.717, 1.165) is 34.7 Å². The molecule has 1 aromatic carbocycles. The topological polar surface area (TPSA) is 88.6 Å². The largest absolute Gasteiger partial charge is 0.458 e. The second kappa shape index (κ2) is 7.71. The van der Waals surface area contributed by atoms with Crippen molar-refractivity contribution in [1.82, 2.24) is 15.2 Å². The number of nitrogens with one attached hydrogen (secondary N) is 1. The first-order valence-electron chi connectivity index (χ1n) is 9.37. The van der Waals surface area contributed by atoms with Gasteiger partial charge in [-0.2, -0.15) is 0 Å². The summed E-state index contributed by atoms with van der Waals surface area (Å²) in [7, 11) is 0. The molecule has 2 heterocycles. The van der Waals surface area contributed by atoms with Crippen molar-refractivity contribution >= 4 is 29.2 Å². The Bertz CT molecular complexity index is 890. The Labute approximate surface area is 166 Å². The van der Waals surface area contributed by atoms with Crippen LogP contribution in [-0.4, -0.2) is 39.9 Å². The number of amides is 3. The van der Waals surface area contributed by atoms with E-state index in [2.05, 4.69) is 10.3 Å².